The highest BCUT2D eigenvalue weighted by Gasteiger charge is 2.32. The first-order valence-electron chi connectivity index (χ1n) is 11.9. The molecular formula is C24H38BrN5O4. The zero-order valence-electron chi connectivity index (χ0n) is 21.3. The molecule has 2 aromatic heterocycles. The number of ether oxygens (including phenoxy) is 2. The minimum atomic E-state index is -0.980. The zero-order valence-corrected chi connectivity index (χ0v) is 22.8. The van der Waals surface area contributed by atoms with Gasteiger partial charge in [-0.05, 0) is 75.2 Å². The van der Waals surface area contributed by atoms with Gasteiger partial charge >= 0.3 is 6.09 Å². The summed E-state index contributed by atoms with van der Waals surface area (Å²) in [6.45, 7) is 15.0. The molecule has 9 nitrogen and oxygen atoms in total. The van der Waals surface area contributed by atoms with Crippen molar-refractivity contribution in [3.63, 3.8) is 0 Å². The van der Waals surface area contributed by atoms with Gasteiger partial charge in [-0.25, -0.2) is 9.78 Å². The summed E-state index contributed by atoms with van der Waals surface area (Å²) in [6, 6.07) is 1.54. The molecule has 0 unspecified atom stereocenters. The number of halogens is 1. The smallest absolute Gasteiger partial charge is 0.416 e. The number of aromatic nitrogens is 3. The number of nitrogens with one attached hydrogen (secondary N) is 1. The third-order valence-electron chi connectivity index (χ3n) is 5.81. The number of carbonyl (C=O) groups is 1. The Kier molecular flexibility index (Phi) is 8.14. The monoisotopic (exact) mass is 539 g/mol. The lowest BCUT2D eigenvalue weighted by atomic mass is 9.89. The Morgan fingerprint density at radius 1 is 1.32 bits per heavy atom. The molecule has 0 bridgehead atoms. The second kappa shape index (κ2) is 10.4. The molecule has 190 valence electrons. The first-order valence-corrected chi connectivity index (χ1v) is 12.7. The fourth-order valence-electron chi connectivity index (χ4n) is 4.27. The predicted octanol–water partition coefficient (Wildman–Crippen LogP) is 4.87. The average molecular weight is 541 g/mol. The largest absolute Gasteiger partial charge is 0.443 e. The predicted molar refractivity (Wildman–Crippen MR) is 136 cm³/mol. The van der Waals surface area contributed by atoms with E-state index < -0.39 is 17.3 Å². The lowest BCUT2D eigenvalue weighted by molar-refractivity contribution is 0.0439. The van der Waals surface area contributed by atoms with Crippen molar-refractivity contribution in [1.29, 1.82) is 0 Å². The molecule has 10 heteroatoms. The molecule has 1 amide bonds. The average Bonchev–Trinajstić information content (AvgIpc) is 3.09. The topological polar surface area (TPSA) is 101 Å². The number of aliphatic hydroxyl groups is 1. The van der Waals surface area contributed by atoms with E-state index >= 15 is 0 Å². The molecule has 1 fully saturated rings. The van der Waals surface area contributed by atoms with E-state index in [0.29, 0.717) is 41.5 Å². The van der Waals surface area contributed by atoms with Crippen molar-refractivity contribution in [2.45, 2.75) is 78.6 Å². The Labute approximate surface area is 210 Å². The molecule has 2 aromatic rings. The molecule has 34 heavy (non-hydrogen) atoms. The molecule has 1 saturated heterocycles. The number of hydrogen-bond acceptors (Lipinski definition) is 7. The fraction of sp³-hybridized carbons (Fsp3) is 0.708. The first kappa shape index (κ1) is 26.7. The van der Waals surface area contributed by atoms with Gasteiger partial charge in [0.1, 0.15) is 17.2 Å². The Morgan fingerprint density at radius 2 is 1.97 bits per heavy atom. The number of anilines is 2. The van der Waals surface area contributed by atoms with Crippen LogP contribution >= 0.6 is 15.9 Å². The Bertz CT molecular complexity index is 990. The van der Waals surface area contributed by atoms with E-state index in [2.05, 4.69) is 26.3 Å². The summed E-state index contributed by atoms with van der Waals surface area (Å²) in [5.41, 5.74) is -1.06. The lowest BCUT2D eigenvalue weighted by Gasteiger charge is -2.34. The number of carbonyl (C=O) groups excluding carboxylic acids is 1. The highest BCUT2D eigenvalue weighted by atomic mass is 79.9. The standard InChI is InChI=1S/C24H38BrN5O4/c1-15(2)20(24(6,7)32)27-18-12-19(30-21(28-18)17(25)13-26-30)29(22(31)34-23(3,4)5)14-16-8-10-33-11-9-16/h12-13,15-16,20,32H,8-11,14H2,1-7H3,(H,27,28)/t20-/m0/s1. The van der Waals surface area contributed by atoms with Crippen LogP contribution in [0.25, 0.3) is 5.65 Å². The van der Waals surface area contributed by atoms with Crippen LogP contribution in [-0.2, 0) is 9.47 Å². The number of amides is 1. The molecule has 2 N–H and O–H groups in total. The fourth-order valence-corrected chi connectivity index (χ4v) is 4.62. The summed E-state index contributed by atoms with van der Waals surface area (Å²) in [5.74, 6) is 1.51. The molecule has 0 spiro atoms. The second-order valence-electron chi connectivity index (χ2n) is 10.9. The van der Waals surface area contributed by atoms with Crippen LogP contribution in [0.1, 0.15) is 61.3 Å². The zero-order chi connectivity index (χ0) is 25.3. The summed E-state index contributed by atoms with van der Waals surface area (Å²) in [4.78, 5) is 19.8. The van der Waals surface area contributed by atoms with Crippen LogP contribution in [-0.4, -0.2) is 62.8 Å². The van der Waals surface area contributed by atoms with Crippen LogP contribution in [0.3, 0.4) is 0 Å². The molecule has 0 aliphatic carbocycles. The number of fused-ring (bicyclic) bond motifs is 1. The highest BCUT2D eigenvalue weighted by Crippen LogP contribution is 2.30. The Hall–Kier alpha value is -1.91. The van der Waals surface area contributed by atoms with E-state index in [1.807, 2.05) is 34.6 Å². The van der Waals surface area contributed by atoms with Gasteiger partial charge in [-0.15, -0.1) is 0 Å². The van der Waals surface area contributed by atoms with E-state index in [1.54, 1.807) is 35.5 Å². The third-order valence-corrected chi connectivity index (χ3v) is 6.37. The number of rotatable bonds is 7. The quantitative estimate of drug-likeness (QED) is 0.517. The van der Waals surface area contributed by atoms with Gasteiger partial charge in [-0.3, -0.25) is 4.90 Å². The molecule has 1 aliphatic rings. The molecule has 3 heterocycles. The first-order chi connectivity index (χ1) is 15.8. The summed E-state index contributed by atoms with van der Waals surface area (Å²) in [5, 5.41) is 18.6. The molecule has 0 aromatic carbocycles. The molecular weight excluding hydrogens is 502 g/mol. The van der Waals surface area contributed by atoms with Crippen LogP contribution in [0.15, 0.2) is 16.7 Å². The summed E-state index contributed by atoms with van der Waals surface area (Å²) < 4.78 is 13.7. The van der Waals surface area contributed by atoms with Gasteiger partial charge < -0.3 is 19.9 Å². The van der Waals surface area contributed by atoms with Crippen LogP contribution in [0, 0.1) is 11.8 Å². The number of nitrogens with zero attached hydrogens (tertiary/aromatic N) is 4. The van der Waals surface area contributed by atoms with Gasteiger partial charge in [0, 0.05) is 25.8 Å². The van der Waals surface area contributed by atoms with Crippen LogP contribution < -0.4 is 10.2 Å². The lowest BCUT2D eigenvalue weighted by Crippen LogP contribution is -2.46. The van der Waals surface area contributed by atoms with Crippen molar-refractivity contribution in [2.24, 2.45) is 11.8 Å². The van der Waals surface area contributed by atoms with Gasteiger partial charge in [-0.2, -0.15) is 9.61 Å². The normalized spacial score (nSPS) is 16.6. The van der Waals surface area contributed by atoms with Gasteiger partial charge in [0.25, 0.3) is 0 Å². The second-order valence-corrected chi connectivity index (χ2v) is 11.7. The van der Waals surface area contributed by atoms with Crippen molar-refractivity contribution >= 4 is 39.3 Å². The minimum absolute atomic E-state index is 0.138. The molecule has 0 radical (unpaired) electrons. The van der Waals surface area contributed by atoms with E-state index in [0.717, 1.165) is 12.8 Å². The van der Waals surface area contributed by atoms with Crippen molar-refractivity contribution in [3.05, 3.63) is 16.7 Å². The molecule has 0 saturated carbocycles. The van der Waals surface area contributed by atoms with Gasteiger partial charge in [-0.1, -0.05) is 13.8 Å². The third kappa shape index (κ3) is 6.60. The Balaban J connectivity index is 2.08. The van der Waals surface area contributed by atoms with Crippen LogP contribution in [0.4, 0.5) is 16.4 Å². The highest BCUT2D eigenvalue weighted by molar-refractivity contribution is 9.10. The summed E-state index contributed by atoms with van der Waals surface area (Å²) >= 11 is 3.53. The van der Waals surface area contributed by atoms with E-state index in [-0.39, 0.29) is 17.9 Å². The van der Waals surface area contributed by atoms with Crippen molar-refractivity contribution < 1.29 is 19.4 Å². The van der Waals surface area contributed by atoms with Crippen LogP contribution in [0.5, 0.6) is 0 Å². The minimum Gasteiger partial charge on any atom is -0.443 e. The van der Waals surface area contributed by atoms with Crippen molar-refractivity contribution in [2.75, 3.05) is 30.0 Å². The maximum absolute atomic E-state index is 13.4. The van der Waals surface area contributed by atoms with E-state index in [1.165, 1.54) is 0 Å². The van der Waals surface area contributed by atoms with Crippen molar-refractivity contribution in [1.82, 2.24) is 14.6 Å². The Morgan fingerprint density at radius 3 is 2.53 bits per heavy atom. The van der Waals surface area contributed by atoms with Gasteiger partial charge in [0.2, 0.25) is 0 Å². The molecule has 1 aliphatic heterocycles. The number of hydrogen-bond donors (Lipinski definition) is 2. The van der Waals surface area contributed by atoms with Gasteiger partial charge in [0.15, 0.2) is 5.65 Å². The van der Waals surface area contributed by atoms with Gasteiger partial charge in [0.05, 0.1) is 22.3 Å². The summed E-state index contributed by atoms with van der Waals surface area (Å²) in [7, 11) is 0. The van der Waals surface area contributed by atoms with Crippen LogP contribution in [0.2, 0.25) is 0 Å². The van der Waals surface area contributed by atoms with E-state index in [9.17, 15) is 9.90 Å². The van der Waals surface area contributed by atoms with E-state index in [4.69, 9.17) is 14.5 Å². The molecule has 1 atom stereocenters. The maximum Gasteiger partial charge on any atom is 0.416 e. The summed E-state index contributed by atoms with van der Waals surface area (Å²) in [6.07, 6.45) is 2.96. The SMILES string of the molecule is CC(C)[C@H](Nc1cc(N(CC2CCOCC2)C(=O)OC(C)(C)C)n2ncc(Br)c2n1)C(C)(C)O. The maximum atomic E-state index is 13.4. The van der Waals surface area contributed by atoms with Crippen molar-refractivity contribution in [3.8, 4) is 0 Å². The molecule has 3 rings (SSSR count).